The zero-order valence-electron chi connectivity index (χ0n) is 17.6. The third kappa shape index (κ3) is 6.56. The summed E-state index contributed by atoms with van der Waals surface area (Å²) >= 11 is 3.39. The Hall–Kier alpha value is -2.86. The van der Waals surface area contributed by atoms with Crippen molar-refractivity contribution in [2.45, 2.75) is 39.0 Å². The zero-order valence-corrected chi connectivity index (χ0v) is 19.2. The number of hydrazine groups is 1. The van der Waals surface area contributed by atoms with E-state index in [2.05, 4.69) is 33.7 Å². The molecule has 0 saturated carbocycles. The van der Waals surface area contributed by atoms with Crippen LogP contribution in [0.2, 0.25) is 0 Å². The summed E-state index contributed by atoms with van der Waals surface area (Å²) in [6.07, 6.45) is 4.52. The van der Waals surface area contributed by atoms with Crippen LogP contribution in [0.25, 0.3) is 10.8 Å². The van der Waals surface area contributed by atoms with E-state index in [1.165, 1.54) is 6.42 Å². The minimum Gasteiger partial charge on any atom is -0.493 e. The van der Waals surface area contributed by atoms with E-state index in [-0.39, 0.29) is 12.3 Å². The SMILES string of the molecule is CCCCCCOc1ccc(Br)cc1C(=O)NNC(=O)Cc1cccc2ccccc12. The molecule has 0 bridgehead atoms. The van der Waals surface area contributed by atoms with Crippen LogP contribution in [0.5, 0.6) is 5.75 Å². The summed E-state index contributed by atoms with van der Waals surface area (Å²) in [5, 5.41) is 2.10. The van der Waals surface area contributed by atoms with Gasteiger partial charge < -0.3 is 4.74 Å². The number of halogens is 1. The summed E-state index contributed by atoms with van der Waals surface area (Å²) in [5.74, 6) is -0.210. The lowest BCUT2D eigenvalue weighted by molar-refractivity contribution is -0.121. The standard InChI is InChI=1S/C25H27BrN2O3/c1-2-3-4-7-15-31-23-14-13-20(26)17-22(23)25(30)28-27-24(29)16-19-11-8-10-18-9-5-6-12-21(18)19/h5-6,8-14,17H,2-4,7,15-16H2,1H3,(H,27,29)(H,28,30). The number of carbonyl (C=O) groups excluding carboxylic acids is 2. The number of unbranched alkanes of at least 4 members (excludes halogenated alkanes) is 3. The second-order valence-electron chi connectivity index (χ2n) is 7.37. The predicted octanol–water partition coefficient (Wildman–Crippen LogP) is 5.57. The number of carbonyl (C=O) groups is 2. The zero-order chi connectivity index (χ0) is 22.1. The molecule has 162 valence electrons. The van der Waals surface area contributed by atoms with Crippen molar-refractivity contribution in [1.82, 2.24) is 10.9 Å². The van der Waals surface area contributed by atoms with Crippen molar-refractivity contribution in [3.05, 3.63) is 76.3 Å². The second-order valence-corrected chi connectivity index (χ2v) is 8.28. The monoisotopic (exact) mass is 482 g/mol. The maximum Gasteiger partial charge on any atom is 0.273 e. The highest BCUT2D eigenvalue weighted by molar-refractivity contribution is 9.10. The van der Waals surface area contributed by atoms with Crippen molar-refractivity contribution in [1.29, 1.82) is 0 Å². The Bertz CT molecular complexity index is 1050. The molecule has 31 heavy (non-hydrogen) atoms. The quantitative estimate of drug-likeness (QED) is 0.309. The third-order valence-electron chi connectivity index (χ3n) is 4.99. The van der Waals surface area contributed by atoms with Crippen LogP contribution < -0.4 is 15.6 Å². The topological polar surface area (TPSA) is 67.4 Å². The van der Waals surface area contributed by atoms with Crippen LogP contribution in [0.3, 0.4) is 0 Å². The first-order valence-corrected chi connectivity index (χ1v) is 11.4. The lowest BCUT2D eigenvalue weighted by atomic mass is 10.0. The molecule has 3 aromatic rings. The van der Waals surface area contributed by atoms with Crippen LogP contribution in [-0.2, 0) is 11.2 Å². The van der Waals surface area contributed by atoms with Gasteiger partial charge in [0.2, 0.25) is 5.91 Å². The van der Waals surface area contributed by atoms with Crippen LogP contribution in [0, 0.1) is 0 Å². The molecule has 0 saturated heterocycles. The van der Waals surface area contributed by atoms with Crippen molar-refractivity contribution in [2.75, 3.05) is 6.61 Å². The normalized spacial score (nSPS) is 10.6. The van der Waals surface area contributed by atoms with Gasteiger partial charge in [-0.2, -0.15) is 0 Å². The van der Waals surface area contributed by atoms with Gasteiger partial charge in [-0.15, -0.1) is 0 Å². The van der Waals surface area contributed by atoms with E-state index in [9.17, 15) is 9.59 Å². The summed E-state index contributed by atoms with van der Waals surface area (Å²) < 4.78 is 6.58. The molecule has 5 nitrogen and oxygen atoms in total. The van der Waals surface area contributed by atoms with E-state index in [0.717, 1.165) is 40.1 Å². The Morgan fingerprint density at radius 1 is 0.935 bits per heavy atom. The average molecular weight is 483 g/mol. The average Bonchev–Trinajstić information content (AvgIpc) is 2.78. The molecule has 0 aliphatic heterocycles. The molecular weight excluding hydrogens is 456 g/mol. The predicted molar refractivity (Wildman–Crippen MR) is 127 cm³/mol. The van der Waals surface area contributed by atoms with Gasteiger partial charge in [-0.25, -0.2) is 0 Å². The molecule has 3 aromatic carbocycles. The first-order chi connectivity index (χ1) is 15.1. The largest absolute Gasteiger partial charge is 0.493 e. The van der Waals surface area contributed by atoms with E-state index in [0.29, 0.717) is 17.9 Å². The van der Waals surface area contributed by atoms with Crippen LogP contribution in [0.15, 0.2) is 65.1 Å². The number of amides is 2. The molecule has 6 heteroatoms. The van der Waals surface area contributed by atoms with Crippen molar-refractivity contribution >= 4 is 38.5 Å². The Balaban J connectivity index is 1.59. The molecule has 0 unspecified atom stereocenters. The van der Waals surface area contributed by atoms with Gasteiger partial charge in [-0.1, -0.05) is 84.6 Å². The number of ether oxygens (including phenoxy) is 1. The summed E-state index contributed by atoms with van der Waals surface area (Å²) in [6, 6.07) is 19.0. The highest BCUT2D eigenvalue weighted by Crippen LogP contribution is 2.24. The molecule has 0 fully saturated rings. The molecule has 2 N–H and O–H groups in total. The molecule has 0 heterocycles. The molecule has 0 spiro atoms. The molecule has 2 amide bonds. The second kappa shape index (κ2) is 11.5. The molecule has 0 aliphatic rings. The van der Waals surface area contributed by atoms with Crippen LogP contribution in [-0.4, -0.2) is 18.4 Å². The van der Waals surface area contributed by atoms with Crippen LogP contribution in [0.4, 0.5) is 0 Å². The van der Waals surface area contributed by atoms with Gasteiger partial charge in [0.05, 0.1) is 18.6 Å². The van der Waals surface area contributed by atoms with Gasteiger partial charge in [-0.05, 0) is 41.0 Å². The number of rotatable bonds is 9. The number of nitrogens with one attached hydrogen (secondary N) is 2. The summed E-state index contributed by atoms with van der Waals surface area (Å²) in [6.45, 7) is 2.71. The first-order valence-electron chi connectivity index (χ1n) is 10.6. The lowest BCUT2D eigenvalue weighted by Crippen LogP contribution is -2.42. The minimum atomic E-state index is -0.420. The van der Waals surface area contributed by atoms with Gasteiger partial charge in [0.15, 0.2) is 0 Å². The van der Waals surface area contributed by atoms with Crippen LogP contribution >= 0.6 is 15.9 Å². The molecule has 0 aliphatic carbocycles. The Morgan fingerprint density at radius 2 is 1.74 bits per heavy atom. The van der Waals surface area contributed by atoms with E-state index < -0.39 is 5.91 Å². The number of fused-ring (bicyclic) bond motifs is 1. The van der Waals surface area contributed by atoms with E-state index >= 15 is 0 Å². The Labute approximate surface area is 191 Å². The fraction of sp³-hybridized carbons (Fsp3) is 0.280. The van der Waals surface area contributed by atoms with Gasteiger partial charge >= 0.3 is 0 Å². The Kier molecular flexibility index (Phi) is 8.47. The summed E-state index contributed by atoms with van der Waals surface area (Å²) in [5.41, 5.74) is 6.30. The summed E-state index contributed by atoms with van der Waals surface area (Å²) in [7, 11) is 0. The van der Waals surface area contributed by atoms with Crippen molar-refractivity contribution in [3.8, 4) is 5.75 Å². The maximum atomic E-state index is 12.7. The van der Waals surface area contributed by atoms with Crippen LogP contribution in [0.1, 0.15) is 48.5 Å². The summed E-state index contributed by atoms with van der Waals surface area (Å²) in [4.78, 5) is 25.1. The number of hydrogen-bond donors (Lipinski definition) is 2. The fourth-order valence-corrected chi connectivity index (χ4v) is 3.74. The van der Waals surface area contributed by atoms with E-state index in [1.54, 1.807) is 12.1 Å². The highest BCUT2D eigenvalue weighted by Gasteiger charge is 2.15. The van der Waals surface area contributed by atoms with Crippen molar-refractivity contribution < 1.29 is 14.3 Å². The van der Waals surface area contributed by atoms with Gasteiger partial charge in [0, 0.05) is 4.47 Å². The number of benzene rings is 3. The molecule has 0 atom stereocenters. The molecular formula is C25H27BrN2O3. The highest BCUT2D eigenvalue weighted by atomic mass is 79.9. The van der Waals surface area contributed by atoms with Gasteiger partial charge in [0.25, 0.3) is 5.91 Å². The van der Waals surface area contributed by atoms with E-state index in [1.807, 2.05) is 48.5 Å². The fourth-order valence-electron chi connectivity index (χ4n) is 3.37. The molecule has 3 rings (SSSR count). The molecule has 0 radical (unpaired) electrons. The maximum absolute atomic E-state index is 12.7. The molecule has 0 aromatic heterocycles. The first kappa shape index (κ1) is 22.8. The lowest BCUT2D eigenvalue weighted by Gasteiger charge is -2.13. The Morgan fingerprint density at radius 3 is 2.58 bits per heavy atom. The minimum absolute atomic E-state index is 0.168. The smallest absolute Gasteiger partial charge is 0.273 e. The number of hydrogen-bond acceptors (Lipinski definition) is 3. The third-order valence-corrected chi connectivity index (χ3v) is 5.48. The van der Waals surface area contributed by atoms with Crippen molar-refractivity contribution in [2.24, 2.45) is 0 Å². The van der Waals surface area contributed by atoms with Crippen molar-refractivity contribution in [3.63, 3.8) is 0 Å². The van der Waals surface area contributed by atoms with E-state index in [4.69, 9.17) is 4.74 Å². The van der Waals surface area contributed by atoms with Gasteiger partial charge in [0.1, 0.15) is 5.75 Å². The van der Waals surface area contributed by atoms with Gasteiger partial charge in [-0.3, -0.25) is 20.4 Å².